The van der Waals surface area contributed by atoms with E-state index in [-0.39, 0.29) is 23.6 Å². The number of amides is 2. The van der Waals surface area contributed by atoms with Crippen molar-refractivity contribution in [1.82, 2.24) is 24.7 Å². The van der Waals surface area contributed by atoms with E-state index in [9.17, 15) is 22.8 Å². The van der Waals surface area contributed by atoms with Crippen molar-refractivity contribution in [3.05, 3.63) is 41.6 Å². The maximum absolute atomic E-state index is 13.9. The number of carbonyl (C=O) groups excluding carboxylic acids is 2. The number of benzene rings is 1. The maximum atomic E-state index is 13.9. The second kappa shape index (κ2) is 12.2. The molecule has 39 heavy (non-hydrogen) atoms. The van der Waals surface area contributed by atoms with E-state index in [4.69, 9.17) is 0 Å². The van der Waals surface area contributed by atoms with Gasteiger partial charge in [-0.3, -0.25) is 9.59 Å². The molecule has 1 aromatic heterocycles. The molecule has 0 radical (unpaired) electrons. The molecule has 0 bridgehead atoms. The van der Waals surface area contributed by atoms with E-state index < -0.39 is 23.7 Å². The lowest BCUT2D eigenvalue weighted by atomic mass is 9.93. The number of hydrogen-bond donors (Lipinski definition) is 2. The van der Waals surface area contributed by atoms with E-state index in [1.165, 1.54) is 4.90 Å². The number of aromatic nitrogens is 2. The molecule has 9 nitrogen and oxygen atoms in total. The zero-order valence-corrected chi connectivity index (χ0v) is 22.6. The number of nitrogens with one attached hydrogen (secondary N) is 2. The van der Waals surface area contributed by atoms with Crippen LogP contribution in [0, 0.1) is 5.92 Å². The van der Waals surface area contributed by atoms with E-state index in [0.717, 1.165) is 38.5 Å². The number of alkyl halides is 3. The highest BCUT2D eigenvalue weighted by atomic mass is 19.4. The summed E-state index contributed by atoms with van der Waals surface area (Å²) in [6.07, 6.45) is -0.168. The molecule has 1 aromatic carbocycles. The van der Waals surface area contributed by atoms with E-state index in [1.807, 2.05) is 7.05 Å². The predicted octanol–water partition coefficient (Wildman–Crippen LogP) is 4.08. The molecule has 2 atom stereocenters. The average molecular weight is 548 g/mol. The van der Waals surface area contributed by atoms with Gasteiger partial charge in [0, 0.05) is 63.8 Å². The van der Waals surface area contributed by atoms with Gasteiger partial charge in [0.05, 0.1) is 5.92 Å². The van der Waals surface area contributed by atoms with Crippen LogP contribution in [0.3, 0.4) is 0 Å². The third-order valence-corrected chi connectivity index (χ3v) is 7.37. The summed E-state index contributed by atoms with van der Waals surface area (Å²) in [4.78, 5) is 39.2. The number of halogens is 3. The van der Waals surface area contributed by atoms with E-state index in [2.05, 4.69) is 25.5 Å². The molecule has 2 heterocycles. The minimum Gasteiger partial charge on any atom is -0.366 e. The molecule has 1 saturated heterocycles. The van der Waals surface area contributed by atoms with Crippen molar-refractivity contribution in [2.24, 2.45) is 5.92 Å². The van der Waals surface area contributed by atoms with Crippen molar-refractivity contribution in [2.75, 3.05) is 58.0 Å². The highest BCUT2D eigenvalue weighted by Crippen LogP contribution is 2.36. The fourth-order valence-corrected chi connectivity index (χ4v) is 5.06. The summed E-state index contributed by atoms with van der Waals surface area (Å²) in [6.45, 7) is 2.95. The van der Waals surface area contributed by atoms with Gasteiger partial charge in [0.2, 0.25) is 11.9 Å². The molecule has 2 fully saturated rings. The molecule has 2 N–H and O–H groups in total. The number of hydrogen-bond acceptors (Lipinski definition) is 7. The smallest absolute Gasteiger partial charge is 0.366 e. The van der Waals surface area contributed by atoms with Crippen molar-refractivity contribution < 1.29 is 22.8 Å². The van der Waals surface area contributed by atoms with Crippen LogP contribution in [0.2, 0.25) is 0 Å². The number of piperazine rings is 1. The van der Waals surface area contributed by atoms with Gasteiger partial charge >= 0.3 is 6.18 Å². The Morgan fingerprint density at radius 3 is 2.31 bits per heavy atom. The molecule has 12 heteroatoms. The van der Waals surface area contributed by atoms with Gasteiger partial charge in [-0.1, -0.05) is 19.3 Å². The van der Waals surface area contributed by atoms with Gasteiger partial charge < -0.3 is 25.3 Å². The number of rotatable bonds is 6. The molecule has 0 spiro atoms. The Morgan fingerprint density at radius 2 is 1.67 bits per heavy atom. The third kappa shape index (κ3) is 7.17. The molecule has 1 saturated carbocycles. The second-order valence-corrected chi connectivity index (χ2v) is 10.5. The third-order valence-electron chi connectivity index (χ3n) is 7.37. The number of nitrogens with zero attached hydrogens (tertiary/aromatic N) is 5. The minimum absolute atomic E-state index is 0.0206. The Balaban J connectivity index is 1.53. The van der Waals surface area contributed by atoms with E-state index >= 15 is 0 Å². The van der Waals surface area contributed by atoms with Gasteiger partial charge in [-0.05, 0) is 44.2 Å². The zero-order chi connectivity index (χ0) is 28.2. The molecule has 1 aliphatic carbocycles. The first-order valence-electron chi connectivity index (χ1n) is 13.3. The van der Waals surface area contributed by atoms with Gasteiger partial charge in [0.25, 0.3) is 5.91 Å². The second-order valence-electron chi connectivity index (χ2n) is 10.5. The summed E-state index contributed by atoms with van der Waals surface area (Å²) >= 11 is 0. The van der Waals surface area contributed by atoms with Crippen molar-refractivity contribution in [3.8, 4) is 0 Å². The standard InChI is InChI=1S/C27H36F3N7O2/c1-35(2)25(39)20-7-5-4-6-8-22(20)33-23-21(27(28,29)30)17-31-26(34-23)32-19-11-9-18(10-12-19)24(38)37-15-13-36(3)14-16-37/h9-12,17,20,22H,4-8,13-16H2,1-3H3,(H2,31,32,33,34)/t20-,22-/m0/s1. The predicted molar refractivity (Wildman–Crippen MR) is 143 cm³/mol. The summed E-state index contributed by atoms with van der Waals surface area (Å²) in [7, 11) is 5.33. The Bertz CT molecular complexity index is 1150. The van der Waals surface area contributed by atoms with Crippen LogP contribution in [0.15, 0.2) is 30.5 Å². The fourth-order valence-electron chi connectivity index (χ4n) is 5.06. The summed E-state index contributed by atoms with van der Waals surface area (Å²) in [6, 6.07) is 6.22. The van der Waals surface area contributed by atoms with Crippen LogP contribution in [0.5, 0.6) is 0 Å². The number of carbonyl (C=O) groups is 2. The Morgan fingerprint density at radius 1 is 1.00 bits per heavy atom. The molecular weight excluding hydrogens is 511 g/mol. The lowest BCUT2D eigenvalue weighted by molar-refractivity contribution is -0.137. The van der Waals surface area contributed by atoms with Crippen LogP contribution in [0.25, 0.3) is 0 Å². The molecular formula is C27H36F3N7O2. The quantitative estimate of drug-likeness (QED) is 0.527. The lowest BCUT2D eigenvalue weighted by Crippen LogP contribution is -2.47. The summed E-state index contributed by atoms with van der Waals surface area (Å²) < 4.78 is 41.6. The molecule has 2 aliphatic rings. The Labute approximate surface area is 226 Å². The maximum Gasteiger partial charge on any atom is 0.421 e. The first-order valence-corrected chi connectivity index (χ1v) is 13.3. The van der Waals surface area contributed by atoms with Crippen molar-refractivity contribution in [1.29, 1.82) is 0 Å². The molecule has 0 unspecified atom stereocenters. The van der Waals surface area contributed by atoms with Gasteiger partial charge in [-0.25, -0.2) is 4.98 Å². The Hall–Kier alpha value is -3.41. The molecule has 2 amide bonds. The first kappa shape index (κ1) is 28.6. The summed E-state index contributed by atoms with van der Waals surface area (Å²) in [5, 5.41) is 5.90. The first-order chi connectivity index (χ1) is 18.5. The number of likely N-dealkylation sites (N-methyl/N-ethyl adjacent to an activating group) is 1. The van der Waals surface area contributed by atoms with E-state index in [0.29, 0.717) is 37.2 Å². The van der Waals surface area contributed by atoms with Gasteiger partial charge in [-0.15, -0.1) is 0 Å². The highest BCUT2D eigenvalue weighted by molar-refractivity contribution is 5.94. The zero-order valence-electron chi connectivity index (χ0n) is 22.6. The topological polar surface area (TPSA) is 93.7 Å². The molecule has 212 valence electrons. The minimum atomic E-state index is -4.67. The van der Waals surface area contributed by atoms with Gasteiger partial charge in [-0.2, -0.15) is 18.2 Å². The normalized spacial score (nSPS) is 20.7. The largest absolute Gasteiger partial charge is 0.421 e. The Kier molecular flexibility index (Phi) is 8.94. The number of anilines is 3. The van der Waals surface area contributed by atoms with Crippen molar-refractivity contribution >= 4 is 29.3 Å². The van der Waals surface area contributed by atoms with Gasteiger partial charge in [0.15, 0.2) is 0 Å². The van der Waals surface area contributed by atoms with E-state index in [1.54, 1.807) is 43.3 Å². The average Bonchev–Trinajstić information content (AvgIpc) is 3.13. The summed E-state index contributed by atoms with van der Waals surface area (Å²) in [5.74, 6) is -0.989. The monoisotopic (exact) mass is 547 g/mol. The van der Waals surface area contributed by atoms with Crippen LogP contribution < -0.4 is 10.6 Å². The highest BCUT2D eigenvalue weighted by Gasteiger charge is 2.38. The van der Waals surface area contributed by atoms with Crippen LogP contribution in [0.1, 0.15) is 48.0 Å². The SMILES string of the molecule is CN1CCN(C(=O)c2ccc(Nc3ncc(C(F)(F)F)c(N[C@H]4CCCCC[C@@H]4C(=O)N(C)C)n3)cc2)CC1. The van der Waals surface area contributed by atoms with Crippen LogP contribution in [-0.2, 0) is 11.0 Å². The summed E-state index contributed by atoms with van der Waals surface area (Å²) in [5.41, 5.74) is 0.0815. The van der Waals surface area contributed by atoms with Crippen LogP contribution >= 0.6 is 0 Å². The van der Waals surface area contributed by atoms with Crippen molar-refractivity contribution in [3.63, 3.8) is 0 Å². The molecule has 1 aliphatic heterocycles. The molecule has 2 aromatic rings. The van der Waals surface area contributed by atoms with Crippen LogP contribution in [-0.4, -0.2) is 89.8 Å². The molecule has 4 rings (SSSR count). The van der Waals surface area contributed by atoms with Gasteiger partial charge in [0.1, 0.15) is 11.4 Å². The lowest BCUT2D eigenvalue weighted by Gasteiger charge is -2.32. The fraction of sp³-hybridized carbons (Fsp3) is 0.556. The van der Waals surface area contributed by atoms with Crippen LogP contribution in [0.4, 0.5) is 30.6 Å². The van der Waals surface area contributed by atoms with Crippen molar-refractivity contribution in [2.45, 2.75) is 44.3 Å².